The highest BCUT2D eigenvalue weighted by Crippen LogP contribution is 2.41. The number of hydrogen-bond acceptors (Lipinski definition) is 3. The number of carboxylic acids is 1. The maximum absolute atomic E-state index is 11.1. The summed E-state index contributed by atoms with van der Waals surface area (Å²) in [5, 5.41) is 12.2. The molecule has 0 aliphatic heterocycles. The number of rotatable bonds is 2. The Balaban J connectivity index is 2.16. The average molecular weight is 225 g/mol. The van der Waals surface area contributed by atoms with Crippen molar-refractivity contribution < 1.29 is 9.90 Å². The van der Waals surface area contributed by atoms with Gasteiger partial charge in [0.25, 0.3) is 0 Å². The summed E-state index contributed by atoms with van der Waals surface area (Å²) in [6, 6.07) is 0. The van der Waals surface area contributed by atoms with Crippen molar-refractivity contribution in [1.82, 2.24) is 4.98 Å². The zero-order chi connectivity index (χ0) is 10.8. The molecule has 0 aromatic carbocycles. The maximum atomic E-state index is 11.1. The Hall–Kier alpha value is -0.900. The van der Waals surface area contributed by atoms with Crippen molar-refractivity contribution >= 4 is 17.3 Å². The molecule has 0 saturated heterocycles. The Morgan fingerprint density at radius 2 is 2.40 bits per heavy atom. The van der Waals surface area contributed by atoms with E-state index >= 15 is 0 Å². The summed E-state index contributed by atoms with van der Waals surface area (Å²) in [6.45, 7) is 2.05. The number of aromatic nitrogens is 1. The number of nitrogens with zero attached hydrogens (tertiary/aromatic N) is 1. The van der Waals surface area contributed by atoms with Crippen LogP contribution in [0.4, 0.5) is 0 Å². The summed E-state index contributed by atoms with van der Waals surface area (Å²) in [5.41, 5.74) is 0. The molecule has 1 saturated carbocycles. The predicted octanol–water partition coefficient (Wildman–Crippen LogP) is 2.75. The number of thiazole rings is 1. The molecule has 3 unspecified atom stereocenters. The van der Waals surface area contributed by atoms with Gasteiger partial charge in [-0.05, 0) is 18.8 Å². The van der Waals surface area contributed by atoms with Gasteiger partial charge in [0.1, 0.15) is 0 Å². The summed E-state index contributed by atoms with van der Waals surface area (Å²) in [6.07, 6.45) is 4.71. The fourth-order valence-corrected chi connectivity index (χ4v) is 3.37. The molecule has 82 valence electrons. The lowest BCUT2D eigenvalue weighted by Crippen LogP contribution is -2.30. The third-order valence-corrected chi connectivity index (χ3v) is 4.29. The van der Waals surface area contributed by atoms with Crippen LogP contribution in [0.3, 0.4) is 0 Å². The average Bonchev–Trinajstić information content (AvgIpc) is 2.70. The van der Waals surface area contributed by atoms with Gasteiger partial charge in [0.05, 0.1) is 10.9 Å². The molecule has 1 aromatic heterocycles. The molecule has 1 aromatic rings. The smallest absolute Gasteiger partial charge is 0.306 e. The van der Waals surface area contributed by atoms with E-state index in [0.29, 0.717) is 5.92 Å². The van der Waals surface area contributed by atoms with E-state index in [1.807, 2.05) is 12.3 Å². The van der Waals surface area contributed by atoms with Crippen LogP contribution in [-0.4, -0.2) is 16.1 Å². The van der Waals surface area contributed by atoms with Crippen LogP contribution >= 0.6 is 11.3 Å². The van der Waals surface area contributed by atoms with Crippen molar-refractivity contribution in [3.63, 3.8) is 0 Å². The first-order valence-electron chi connectivity index (χ1n) is 5.32. The van der Waals surface area contributed by atoms with Crippen LogP contribution < -0.4 is 0 Å². The number of carboxylic acid groups (broad SMARTS) is 1. The Labute approximate surface area is 93.2 Å². The van der Waals surface area contributed by atoms with Gasteiger partial charge in [-0.1, -0.05) is 13.3 Å². The van der Waals surface area contributed by atoms with Gasteiger partial charge in [0.15, 0.2) is 0 Å². The molecule has 15 heavy (non-hydrogen) atoms. The van der Waals surface area contributed by atoms with E-state index in [1.54, 1.807) is 17.5 Å². The number of carbonyl (C=O) groups is 1. The van der Waals surface area contributed by atoms with E-state index in [0.717, 1.165) is 24.3 Å². The molecule has 3 nitrogen and oxygen atoms in total. The van der Waals surface area contributed by atoms with Crippen LogP contribution in [0.5, 0.6) is 0 Å². The molecule has 0 amide bonds. The topological polar surface area (TPSA) is 50.2 Å². The van der Waals surface area contributed by atoms with E-state index in [-0.39, 0.29) is 11.8 Å². The van der Waals surface area contributed by atoms with Crippen molar-refractivity contribution in [2.45, 2.75) is 32.1 Å². The van der Waals surface area contributed by atoms with Crippen LogP contribution in [0.15, 0.2) is 11.6 Å². The highest BCUT2D eigenvalue weighted by molar-refractivity contribution is 7.09. The highest BCUT2D eigenvalue weighted by Gasteiger charge is 2.36. The SMILES string of the molecule is CC1C(C(=O)O)CCCC1c1nccs1. The molecule has 0 bridgehead atoms. The molecule has 1 aliphatic rings. The van der Waals surface area contributed by atoms with Gasteiger partial charge in [-0.25, -0.2) is 4.98 Å². The van der Waals surface area contributed by atoms with E-state index < -0.39 is 5.97 Å². The lowest BCUT2D eigenvalue weighted by atomic mass is 9.73. The number of aliphatic carboxylic acids is 1. The summed E-state index contributed by atoms with van der Waals surface area (Å²) in [7, 11) is 0. The molecular formula is C11H15NO2S. The zero-order valence-corrected chi connectivity index (χ0v) is 9.54. The predicted molar refractivity (Wildman–Crippen MR) is 59.0 cm³/mol. The second-order valence-electron chi connectivity index (χ2n) is 4.21. The molecule has 4 heteroatoms. The molecule has 1 fully saturated rings. The quantitative estimate of drug-likeness (QED) is 0.842. The molecule has 1 heterocycles. The van der Waals surface area contributed by atoms with Crippen molar-refractivity contribution in [1.29, 1.82) is 0 Å². The van der Waals surface area contributed by atoms with Gasteiger partial charge in [0, 0.05) is 17.5 Å². The van der Waals surface area contributed by atoms with Crippen LogP contribution in [0.25, 0.3) is 0 Å². The molecular weight excluding hydrogens is 210 g/mol. The Morgan fingerprint density at radius 3 is 3.00 bits per heavy atom. The monoisotopic (exact) mass is 225 g/mol. The molecule has 0 spiro atoms. The second-order valence-corrected chi connectivity index (χ2v) is 5.14. The van der Waals surface area contributed by atoms with Gasteiger partial charge in [0.2, 0.25) is 0 Å². The molecule has 1 aliphatic carbocycles. The summed E-state index contributed by atoms with van der Waals surface area (Å²) < 4.78 is 0. The van der Waals surface area contributed by atoms with Gasteiger partial charge in [-0.2, -0.15) is 0 Å². The van der Waals surface area contributed by atoms with Crippen LogP contribution in [0.2, 0.25) is 0 Å². The molecule has 3 atom stereocenters. The third-order valence-electron chi connectivity index (χ3n) is 3.39. The minimum Gasteiger partial charge on any atom is -0.481 e. The van der Waals surface area contributed by atoms with Crippen molar-refractivity contribution in [3.05, 3.63) is 16.6 Å². The van der Waals surface area contributed by atoms with Gasteiger partial charge in [-0.3, -0.25) is 4.79 Å². The Bertz CT molecular complexity index is 336. The standard InChI is InChI=1S/C11H15NO2S/c1-7-8(10-12-5-6-15-10)3-2-4-9(7)11(13)14/h5-9H,2-4H2,1H3,(H,13,14). The van der Waals surface area contributed by atoms with Crippen molar-refractivity contribution in [2.75, 3.05) is 0 Å². The Kier molecular flexibility index (Phi) is 3.05. The molecule has 2 rings (SSSR count). The van der Waals surface area contributed by atoms with Crippen LogP contribution in [0.1, 0.15) is 37.1 Å². The third kappa shape index (κ3) is 2.04. The van der Waals surface area contributed by atoms with E-state index in [4.69, 9.17) is 5.11 Å². The first-order valence-corrected chi connectivity index (χ1v) is 6.20. The van der Waals surface area contributed by atoms with Crippen LogP contribution in [0, 0.1) is 11.8 Å². The minimum absolute atomic E-state index is 0.187. The largest absolute Gasteiger partial charge is 0.481 e. The normalized spacial score (nSPS) is 31.4. The van der Waals surface area contributed by atoms with Crippen molar-refractivity contribution in [3.8, 4) is 0 Å². The second kappa shape index (κ2) is 4.31. The first kappa shape index (κ1) is 10.6. The highest BCUT2D eigenvalue weighted by atomic mass is 32.1. The Morgan fingerprint density at radius 1 is 1.60 bits per heavy atom. The lowest BCUT2D eigenvalue weighted by molar-refractivity contribution is -0.145. The summed E-state index contributed by atoms with van der Waals surface area (Å²) in [5.74, 6) is -0.279. The van der Waals surface area contributed by atoms with E-state index in [9.17, 15) is 4.79 Å². The lowest BCUT2D eigenvalue weighted by Gasteiger charge is -2.32. The minimum atomic E-state index is -0.649. The summed E-state index contributed by atoms with van der Waals surface area (Å²) >= 11 is 1.64. The first-order chi connectivity index (χ1) is 7.20. The number of hydrogen-bond donors (Lipinski definition) is 1. The van der Waals surface area contributed by atoms with Gasteiger partial charge < -0.3 is 5.11 Å². The zero-order valence-electron chi connectivity index (χ0n) is 8.72. The van der Waals surface area contributed by atoms with Crippen molar-refractivity contribution in [2.24, 2.45) is 11.8 Å². The summed E-state index contributed by atoms with van der Waals surface area (Å²) in [4.78, 5) is 15.4. The van der Waals surface area contributed by atoms with E-state index in [2.05, 4.69) is 4.98 Å². The fraction of sp³-hybridized carbons (Fsp3) is 0.636. The maximum Gasteiger partial charge on any atom is 0.306 e. The fourth-order valence-electron chi connectivity index (χ4n) is 2.48. The molecule has 1 N–H and O–H groups in total. The van der Waals surface area contributed by atoms with Crippen LogP contribution in [-0.2, 0) is 4.79 Å². The van der Waals surface area contributed by atoms with Gasteiger partial charge in [-0.15, -0.1) is 11.3 Å². The molecule has 0 radical (unpaired) electrons. The van der Waals surface area contributed by atoms with Gasteiger partial charge >= 0.3 is 5.97 Å². The van der Waals surface area contributed by atoms with E-state index in [1.165, 1.54) is 0 Å².